The lowest BCUT2D eigenvalue weighted by molar-refractivity contribution is 0.247. The number of nitrogens with two attached hydrogens (primary N) is 1. The summed E-state index contributed by atoms with van der Waals surface area (Å²) in [5, 5.41) is 0. The molecule has 0 amide bonds. The van der Waals surface area contributed by atoms with Crippen molar-refractivity contribution in [3.8, 4) is 5.88 Å². The maximum Gasteiger partial charge on any atom is 0.239 e. The van der Waals surface area contributed by atoms with Gasteiger partial charge in [0.15, 0.2) is 0 Å². The van der Waals surface area contributed by atoms with Crippen LogP contribution in [0.25, 0.3) is 0 Å². The van der Waals surface area contributed by atoms with Crippen molar-refractivity contribution in [2.45, 2.75) is 19.8 Å². The molecular weight excluding hydrogens is 252 g/mol. The van der Waals surface area contributed by atoms with Crippen LogP contribution in [0.3, 0.4) is 0 Å². The van der Waals surface area contributed by atoms with E-state index >= 15 is 0 Å². The Bertz CT molecular complexity index is 453. The number of nitrogen functional groups attached to an aromatic ring is 1. The van der Waals surface area contributed by atoms with Gasteiger partial charge in [0.25, 0.3) is 0 Å². The molecule has 110 valence electrons. The number of pyridine rings is 1. The molecule has 5 heteroatoms. The summed E-state index contributed by atoms with van der Waals surface area (Å²) in [5.41, 5.74) is 6.49. The van der Waals surface area contributed by atoms with E-state index in [1.54, 1.807) is 0 Å². The Balaban J connectivity index is 1.60. The maximum atomic E-state index is 5.87. The molecule has 2 N–H and O–H groups in total. The molecule has 1 aliphatic carbocycles. The lowest BCUT2D eigenvalue weighted by Gasteiger charge is -2.35. The standard InChI is InChI=1S/C15H24N4O/c1-2-20-15-13(16)5-6-14(17-15)19-9-7-18(8-10-19)11-12-3-4-12/h5-6,12H,2-4,7-11,16H2,1H3. The summed E-state index contributed by atoms with van der Waals surface area (Å²) in [7, 11) is 0. The van der Waals surface area contributed by atoms with Crippen LogP contribution in [0.15, 0.2) is 12.1 Å². The fourth-order valence-electron chi connectivity index (χ4n) is 2.70. The van der Waals surface area contributed by atoms with E-state index < -0.39 is 0 Å². The Hall–Kier alpha value is -1.49. The quantitative estimate of drug-likeness (QED) is 0.885. The van der Waals surface area contributed by atoms with Gasteiger partial charge in [-0.2, -0.15) is 4.98 Å². The van der Waals surface area contributed by atoms with E-state index in [9.17, 15) is 0 Å². The average Bonchev–Trinajstić information content (AvgIpc) is 3.26. The largest absolute Gasteiger partial charge is 0.476 e. The van der Waals surface area contributed by atoms with Crippen molar-refractivity contribution < 1.29 is 4.74 Å². The number of ether oxygens (including phenoxy) is 1. The van der Waals surface area contributed by atoms with E-state index in [0.29, 0.717) is 18.2 Å². The third kappa shape index (κ3) is 3.15. The molecule has 2 heterocycles. The zero-order chi connectivity index (χ0) is 13.9. The molecule has 0 aromatic carbocycles. The van der Waals surface area contributed by atoms with Crippen LogP contribution < -0.4 is 15.4 Å². The summed E-state index contributed by atoms with van der Waals surface area (Å²) in [6.07, 6.45) is 2.86. The Morgan fingerprint density at radius 1 is 1.25 bits per heavy atom. The Kier molecular flexibility index (Phi) is 3.96. The Morgan fingerprint density at radius 2 is 2.00 bits per heavy atom. The van der Waals surface area contributed by atoms with E-state index in [0.717, 1.165) is 37.9 Å². The summed E-state index contributed by atoms with van der Waals surface area (Å²) in [6, 6.07) is 3.89. The Morgan fingerprint density at radius 3 is 2.65 bits per heavy atom. The van der Waals surface area contributed by atoms with Crippen molar-refractivity contribution in [1.82, 2.24) is 9.88 Å². The minimum Gasteiger partial charge on any atom is -0.476 e. The van der Waals surface area contributed by atoms with Crippen molar-refractivity contribution in [3.05, 3.63) is 12.1 Å². The number of anilines is 2. The fourth-order valence-corrected chi connectivity index (χ4v) is 2.70. The minimum absolute atomic E-state index is 0.561. The molecule has 1 aromatic rings. The van der Waals surface area contributed by atoms with Crippen molar-refractivity contribution >= 4 is 11.5 Å². The molecule has 1 saturated heterocycles. The second-order valence-corrected chi connectivity index (χ2v) is 5.73. The predicted molar refractivity (Wildman–Crippen MR) is 81.2 cm³/mol. The van der Waals surface area contributed by atoms with E-state index in [-0.39, 0.29) is 0 Å². The van der Waals surface area contributed by atoms with Gasteiger partial charge in [0.2, 0.25) is 5.88 Å². The first-order valence-corrected chi connectivity index (χ1v) is 7.63. The Labute approximate surface area is 120 Å². The highest BCUT2D eigenvalue weighted by Gasteiger charge is 2.26. The van der Waals surface area contributed by atoms with Gasteiger partial charge in [-0.3, -0.25) is 4.90 Å². The molecule has 0 unspecified atom stereocenters. The van der Waals surface area contributed by atoms with Gasteiger partial charge in [-0.25, -0.2) is 0 Å². The van der Waals surface area contributed by atoms with Crippen LogP contribution in [0.1, 0.15) is 19.8 Å². The summed E-state index contributed by atoms with van der Waals surface area (Å²) >= 11 is 0. The maximum absolute atomic E-state index is 5.87. The van der Waals surface area contributed by atoms with E-state index in [1.165, 1.54) is 19.4 Å². The van der Waals surface area contributed by atoms with Crippen molar-refractivity contribution in [3.63, 3.8) is 0 Å². The second-order valence-electron chi connectivity index (χ2n) is 5.73. The molecule has 2 fully saturated rings. The topological polar surface area (TPSA) is 54.6 Å². The molecule has 1 saturated carbocycles. The fraction of sp³-hybridized carbons (Fsp3) is 0.667. The van der Waals surface area contributed by atoms with Crippen LogP contribution in [0.4, 0.5) is 11.5 Å². The number of aromatic nitrogens is 1. The predicted octanol–water partition coefficient (Wildman–Crippen LogP) is 1.59. The number of rotatable bonds is 5. The monoisotopic (exact) mass is 276 g/mol. The molecule has 2 aliphatic rings. The second kappa shape index (κ2) is 5.87. The summed E-state index contributed by atoms with van der Waals surface area (Å²) in [6.45, 7) is 8.16. The number of piperazine rings is 1. The molecule has 5 nitrogen and oxygen atoms in total. The number of nitrogens with zero attached hydrogens (tertiary/aromatic N) is 3. The van der Waals surface area contributed by atoms with Crippen LogP contribution in [0, 0.1) is 5.92 Å². The summed E-state index contributed by atoms with van der Waals surface area (Å²) in [4.78, 5) is 9.45. The lowest BCUT2D eigenvalue weighted by Crippen LogP contribution is -2.47. The molecule has 1 aliphatic heterocycles. The van der Waals surface area contributed by atoms with Gasteiger partial charge in [-0.1, -0.05) is 0 Å². The SMILES string of the molecule is CCOc1nc(N2CCN(CC3CC3)CC2)ccc1N. The van der Waals surface area contributed by atoms with Crippen LogP contribution in [-0.2, 0) is 0 Å². The first kappa shape index (κ1) is 13.5. The van der Waals surface area contributed by atoms with Crippen molar-refractivity contribution in [2.24, 2.45) is 5.92 Å². The van der Waals surface area contributed by atoms with Gasteiger partial charge >= 0.3 is 0 Å². The van der Waals surface area contributed by atoms with Crippen molar-refractivity contribution in [2.75, 3.05) is 50.0 Å². The van der Waals surface area contributed by atoms with E-state index in [2.05, 4.69) is 14.8 Å². The summed E-state index contributed by atoms with van der Waals surface area (Å²) in [5.74, 6) is 2.51. The lowest BCUT2D eigenvalue weighted by atomic mass is 10.2. The number of hydrogen-bond acceptors (Lipinski definition) is 5. The van der Waals surface area contributed by atoms with E-state index in [4.69, 9.17) is 10.5 Å². The van der Waals surface area contributed by atoms with Gasteiger partial charge in [0.05, 0.1) is 12.3 Å². The van der Waals surface area contributed by atoms with Crippen molar-refractivity contribution in [1.29, 1.82) is 0 Å². The van der Waals surface area contributed by atoms with Gasteiger partial charge in [0, 0.05) is 32.7 Å². The van der Waals surface area contributed by atoms with Crippen LogP contribution in [-0.4, -0.2) is 49.2 Å². The van der Waals surface area contributed by atoms with Gasteiger partial charge < -0.3 is 15.4 Å². The zero-order valence-corrected chi connectivity index (χ0v) is 12.2. The highest BCUT2D eigenvalue weighted by Crippen LogP contribution is 2.30. The van der Waals surface area contributed by atoms with Crippen LogP contribution in [0.5, 0.6) is 5.88 Å². The first-order valence-electron chi connectivity index (χ1n) is 7.63. The highest BCUT2D eigenvalue weighted by atomic mass is 16.5. The minimum atomic E-state index is 0.561. The number of hydrogen-bond donors (Lipinski definition) is 1. The van der Waals surface area contributed by atoms with Gasteiger partial charge in [-0.05, 0) is 37.8 Å². The zero-order valence-electron chi connectivity index (χ0n) is 12.2. The first-order chi connectivity index (χ1) is 9.76. The highest BCUT2D eigenvalue weighted by molar-refractivity contribution is 5.54. The molecular formula is C15H24N4O. The molecule has 0 radical (unpaired) electrons. The van der Waals surface area contributed by atoms with Gasteiger partial charge in [0.1, 0.15) is 5.82 Å². The van der Waals surface area contributed by atoms with Crippen LogP contribution in [0.2, 0.25) is 0 Å². The normalized spacial score (nSPS) is 20.1. The van der Waals surface area contributed by atoms with Crippen LogP contribution >= 0.6 is 0 Å². The third-order valence-corrected chi connectivity index (χ3v) is 4.07. The third-order valence-electron chi connectivity index (χ3n) is 4.07. The average molecular weight is 276 g/mol. The molecule has 0 atom stereocenters. The molecule has 0 bridgehead atoms. The molecule has 20 heavy (non-hydrogen) atoms. The van der Waals surface area contributed by atoms with E-state index in [1.807, 2.05) is 19.1 Å². The molecule has 1 aromatic heterocycles. The van der Waals surface area contributed by atoms with Gasteiger partial charge in [-0.15, -0.1) is 0 Å². The molecule has 3 rings (SSSR count). The summed E-state index contributed by atoms with van der Waals surface area (Å²) < 4.78 is 5.48. The molecule has 0 spiro atoms. The smallest absolute Gasteiger partial charge is 0.239 e.